The molecule has 0 spiro atoms. The first-order valence-corrected chi connectivity index (χ1v) is 5.81. The first kappa shape index (κ1) is 12.2. The van der Waals surface area contributed by atoms with Gasteiger partial charge in [-0.15, -0.1) is 23.7 Å². The zero-order chi connectivity index (χ0) is 11.3. The number of hydrogen-bond acceptors (Lipinski definition) is 3. The Balaban J connectivity index is 0.00000108. The molecule has 0 amide bonds. The van der Waals surface area contributed by atoms with Gasteiger partial charge in [-0.3, -0.25) is 4.79 Å². The Morgan fingerprint density at radius 3 is 2.76 bits per heavy atom. The van der Waals surface area contributed by atoms with Crippen molar-refractivity contribution in [3.63, 3.8) is 0 Å². The molecule has 1 N–H and O–H groups in total. The summed E-state index contributed by atoms with van der Waals surface area (Å²) in [6.07, 6.45) is 0. The van der Waals surface area contributed by atoms with Crippen LogP contribution in [0.5, 0.6) is 5.75 Å². The van der Waals surface area contributed by atoms with Crippen molar-refractivity contribution >= 4 is 56.5 Å². The molecule has 88 valence electrons. The SMILES string of the molecule is Cl.O=c1c2sccc2c2cc(O)ccc2n1Cl. The van der Waals surface area contributed by atoms with E-state index in [9.17, 15) is 9.90 Å². The van der Waals surface area contributed by atoms with Gasteiger partial charge in [0.1, 0.15) is 10.4 Å². The number of benzene rings is 1. The fourth-order valence-electron chi connectivity index (χ4n) is 1.80. The third-order valence-electron chi connectivity index (χ3n) is 2.52. The van der Waals surface area contributed by atoms with Gasteiger partial charge in [-0.25, -0.2) is 4.09 Å². The van der Waals surface area contributed by atoms with Crippen molar-refractivity contribution in [1.29, 1.82) is 0 Å². The number of phenolic OH excluding ortho intramolecular Hbond substituents is 1. The van der Waals surface area contributed by atoms with Crippen LogP contribution in [0.3, 0.4) is 0 Å². The number of halogens is 2. The highest BCUT2D eigenvalue weighted by atomic mass is 35.5. The van der Waals surface area contributed by atoms with E-state index < -0.39 is 0 Å². The van der Waals surface area contributed by atoms with E-state index in [1.165, 1.54) is 17.4 Å². The molecule has 0 radical (unpaired) electrons. The monoisotopic (exact) mass is 287 g/mol. The summed E-state index contributed by atoms with van der Waals surface area (Å²) in [6, 6.07) is 6.62. The molecule has 0 saturated heterocycles. The second-order valence-electron chi connectivity index (χ2n) is 3.45. The van der Waals surface area contributed by atoms with Crippen LogP contribution in [0.4, 0.5) is 0 Å². The van der Waals surface area contributed by atoms with E-state index in [1.54, 1.807) is 12.1 Å². The lowest BCUT2D eigenvalue weighted by Gasteiger charge is -2.04. The van der Waals surface area contributed by atoms with Crippen LogP contribution in [-0.4, -0.2) is 9.19 Å². The predicted molar refractivity (Wildman–Crippen MR) is 73.8 cm³/mol. The number of nitrogens with zero attached hydrogens (tertiary/aromatic N) is 1. The number of hydrogen-bond donors (Lipinski definition) is 1. The number of phenols is 1. The van der Waals surface area contributed by atoms with Crippen molar-refractivity contribution in [1.82, 2.24) is 4.09 Å². The smallest absolute Gasteiger partial charge is 0.283 e. The van der Waals surface area contributed by atoms with Gasteiger partial charge in [0.05, 0.1) is 5.52 Å². The summed E-state index contributed by atoms with van der Waals surface area (Å²) < 4.78 is 1.70. The summed E-state index contributed by atoms with van der Waals surface area (Å²) in [5, 5.41) is 12.9. The number of aromatic nitrogens is 1. The van der Waals surface area contributed by atoms with E-state index in [0.29, 0.717) is 10.2 Å². The van der Waals surface area contributed by atoms with E-state index in [1.807, 2.05) is 11.4 Å². The van der Waals surface area contributed by atoms with Crippen molar-refractivity contribution in [2.24, 2.45) is 0 Å². The fraction of sp³-hybridized carbons (Fsp3) is 0. The third kappa shape index (κ3) is 1.69. The lowest BCUT2D eigenvalue weighted by Crippen LogP contribution is -2.11. The molecule has 0 unspecified atom stereocenters. The van der Waals surface area contributed by atoms with Gasteiger partial charge in [0.15, 0.2) is 0 Å². The maximum Gasteiger partial charge on any atom is 0.283 e. The fourth-order valence-corrected chi connectivity index (χ4v) is 2.92. The Kier molecular flexibility index (Phi) is 3.03. The van der Waals surface area contributed by atoms with Gasteiger partial charge in [-0.2, -0.15) is 0 Å². The number of fused-ring (bicyclic) bond motifs is 3. The van der Waals surface area contributed by atoms with E-state index in [2.05, 4.69) is 0 Å². The van der Waals surface area contributed by atoms with E-state index in [4.69, 9.17) is 11.8 Å². The summed E-state index contributed by atoms with van der Waals surface area (Å²) in [5.74, 6) is 0.162. The quantitative estimate of drug-likeness (QED) is 0.689. The molecule has 0 aliphatic rings. The summed E-state index contributed by atoms with van der Waals surface area (Å²) >= 11 is 7.29. The van der Waals surface area contributed by atoms with Crippen molar-refractivity contribution < 1.29 is 5.11 Å². The average molecular weight is 288 g/mol. The molecule has 0 aliphatic carbocycles. The van der Waals surface area contributed by atoms with Crippen LogP contribution in [0.1, 0.15) is 0 Å². The summed E-state index contributed by atoms with van der Waals surface area (Å²) in [4.78, 5) is 11.9. The van der Waals surface area contributed by atoms with Crippen LogP contribution in [0.15, 0.2) is 34.4 Å². The van der Waals surface area contributed by atoms with Crippen molar-refractivity contribution in [2.45, 2.75) is 0 Å². The zero-order valence-electron chi connectivity index (χ0n) is 8.38. The molecule has 3 nitrogen and oxygen atoms in total. The number of pyridine rings is 1. The highest BCUT2D eigenvalue weighted by molar-refractivity contribution is 7.17. The van der Waals surface area contributed by atoms with E-state index in [0.717, 1.165) is 14.9 Å². The molecule has 2 aromatic heterocycles. The van der Waals surface area contributed by atoms with Gasteiger partial charge in [0.25, 0.3) is 5.56 Å². The summed E-state index contributed by atoms with van der Waals surface area (Å²) in [5.41, 5.74) is 0.389. The number of thiophene rings is 1. The van der Waals surface area contributed by atoms with Gasteiger partial charge < -0.3 is 5.11 Å². The molecule has 0 bridgehead atoms. The van der Waals surface area contributed by atoms with Crippen LogP contribution in [0.25, 0.3) is 21.0 Å². The highest BCUT2D eigenvalue weighted by Crippen LogP contribution is 2.29. The molecule has 0 aliphatic heterocycles. The first-order valence-electron chi connectivity index (χ1n) is 4.59. The second-order valence-corrected chi connectivity index (χ2v) is 4.71. The molecule has 0 atom stereocenters. The molecule has 17 heavy (non-hydrogen) atoms. The third-order valence-corrected chi connectivity index (χ3v) is 3.76. The highest BCUT2D eigenvalue weighted by Gasteiger charge is 2.10. The maximum absolute atomic E-state index is 11.9. The largest absolute Gasteiger partial charge is 0.508 e. The summed E-state index contributed by atoms with van der Waals surface area (Å²) in [6.45, 7) is 0. The standard InChI is InChI=1S/C11H6ClNO2S.ClH/c12-13-9-2-1-6(14)5-8(9)7-3-4-16-10(7)11(13)15;/h1-5,14H;1H. The Labute approximate surface area is 111 Å². The Hall–Kier alpha value is -1.23. The van der Waals surface area contributed by atoms with Crippen molar-refractivity contribution in [3.05, 3.63) is 40.0 Å². The summed E-state index contributed by atoms with van der Waals surface area (Å²) in [7, 11) is 0. The minimum atomic E-state index is -0.218. The minimum absolute atomic E-state index is 0. The van der Waals surface area contributed by atoms with Gasteiger partial charge in [-0.05, 0) is 29.6 Å². The molecule has 0 fully saturated rings. The first-order chi connectivity index (χ1) is 7.68. The minimum Gasteiger partial charge on any atom is -0.508 e. The van der Waals surface area contributed by atoms with E-state index in [-0.39, 0.29) is 23.7 Å². The van der Waals surface area contributed by atoms with Crippen LogP contribution in [0.2, 0.25) is 0 Å². The molecular weight excluding hydrogens is 281 g/mol. The van der Waals surface area contributed by atoms with E-state index >= 15 is 0 Å². The van der Waals surface area contributed by atoms with Crippen LogP contribution >= 0.6 is 35.5 Å². The molecule has 3 aromatic rings. The van der Waals surface area contributed by atoms with Crippen LogP contribution in [-0.2, 0) is 0 Å². The molecule has 1 aromatic carbocycles. The predicted octanol–water partition coefficient (Wildman–Crippen LogP) is 3.35. The normalized spacial score (nSPS) is 10.6. The van der Waals surface area contributed by atoms with Crippen molar-refractivity contribution in [3.8, 4) is 5.75 Å². The van der Waals surface area contributed by atoms with Crippen LogP contribution < -0.4 is 5.56 Å². The number of aromatic hydroxyl groups is 1. The lowest BCUT2D eigenvalue weighted by molar-refractivity contribution is 0.476. The van der Waals surface area contributed by atoms with Gasteiger partial charge in [0.2, 0.25) is 0 Å². The zero-order valence-corrected chi connectivity index (χ0v) is 10.8. The van der Waals surface area contributed by atoms with Gasteiger partial charge in [0, 0.05) is 22.5 Å². The van der Waals surface area contributed by atoms with Gasteiger partial charge in [-0.1, -0.05) is 0 Å². The Morgan fingerprint density at radius 1 is 1.24 bits per heavy atom. The maximum atomic E-state index is 11.9. The Morgan fingerprint density at radius 2 is 2.00 bits per heavy atom. The molecule has 3 rings (SSSR count). The topological polar surface area (TPSA) is 42.2 Å². The van der Waals surface area contributed by atoms with Crippen LogP contribution in [0, 0.1) is 0 Å². The molecule has 0 saturated carbocycles. The van der Waals surface area contributed by atoms with Crippen molar-refractivity contribution in [2.75, 3.05) is 0 Å². The lowest BCUT2D eigenvalue weighted by atomic mass is 10.1. The number of rotatable bonds is 0. The molecular formula is C11H7Cl2NO2S. The average Bonchev–Trinajstić information content (AvgIpc) is 2.75. The molecule has 6 heteroatoms. The molecule has 2 heterocycles. The second kappa shape index (κ2) is 4.22. The Bertz CT molecular complexity index is 763. The van der Waals surface area contributed by atoms with Gasteiger partial charge >= 0.3 is 0 Å².